The van der Waals surface area contributed by atoms with E-state index in [2.05, 4.69) is 10.1 Å². The summed E-state index contributed by atoms with van der Waals surface area (Å²) in [6.45, 7) is 0.0288. The van der Waals surface area contributed by atoms with E-state index in [0.717, 1.165) is 0 Å². The largest absolute Gasteiger partial charge is 0.394 e. The van der Waals surface area contributed by atoms with Gasteiger partial charge in [0.15, 0.2) is 0 Å². The van der Waals surface area contributed by atoms with Crippen LogP contribution in [-0.4, -0.2) is 32.5 Å². The molecule has 72 valence electrons. The first-order valence-electron chi connectivity index (χ1n) is 4.53. The average molecular weight is 182 g/mol. The van der Waals surface area contributed by atoms with Gasteiger partial charge in [-0.05, 0) is 18.8 Å². The Morgan fingerprint density at radius 3 is 2.85 bits per heavy atom. The van der Waals surface area contributed by atoms with Crippen molar-refractivity contribution in [3.63, 3.8) is 0 Å². The Bertz CT molecular complexity index is 257. The Hall–Kier alpha value is -0.940. The summed E-state index contributed by atoms with van der Waals surface area (Å²) in [4.78, 5) is 3.84. The molecule has 2 rings (SSSR count). The van der Waals surface area contributed by atoms with E-state index in [0.29, 0.717) is 5.92 Å². The topological polar surface area (TPSA) is 77.0 Å². The van der Waals surface area contributed by atoms with Gasteiger partial charge in [-0.1, -0.05) is 0 Å². The lowest BCUT2D eigenvalue weighted by Crippen LogP contribution is -2.36. The molecule has 5 nitrogen and oxygen atoms in total. The van der Waals surface area contributed by atoms with Gasteiger partial charge in [0.2, 0.25) is 0 Å². The van der Waals surface area contributed by atoms with Gasteiger partial charge in [0.25, 0.3) is 0 Å². The molecule has 3 N–H and O–H groups in total. The molecule has 0 spiro atoms. The summed E-state index contributed by atoms with van der Waals surface area (Å²) in [5.41, 5.74) is 5.98. The number of nitrogens with two attached hydrogens (primary N) is 1. The minimum atomic E-state index is -0.116. The second kappa shape index (κ2) is 3.43. The van der Waals surface area contributed by atoms with Crippen LogP contribution in [0, 0.1) is 5.92 Å². The Morgan fingerprint density at radius 2 is 2.38 bits per heavy atom. The van der Waals surface area contributed by atoms with Gasteiger partial charge in [0, 0.05) is 6.04 Å². The molecule has 1 aromatic heterocycles. The predicted molar refractivity (Wildman–Crippen MR) is 46.8 cm³/mol. The highest BCUT2D eigenvalue weighted by Crippen LogP contribution is 2.35. The van der Waals surface area contributed by atoms with Crippen LogP contribution in [-0.2, 0) is 0 Å². The van der Waals surface area contributed by atoms with Gasteiger partial charge in [0.05, 0.1) is 12.6 Å². The molecule has 0 aliphatic heterocycles. The molecule has 1 heterocycles. The fraction of sp³-hybridized carbons (Fsp3) is 0.750. The third kappa shape index (κ3) is 1.71. The normalized spacial score (nSPS) is 21.4. The molecule has 1 saturated carbocycles. The van der Waals surface area contributed by atoms with Crippen molar-refractivity contribution in [2.24, 2.45) is 11.7 Å². The van der Waals surface area contributed by atoms with Crippen molar-refractivity contribution in [1.82, 2.24) is 14.8 Å². The van der Waals surface area contributed by atoms with Crippen molar-refractivity contribution >= 4 is 0 Å². The van der Waals surface area contributed by atoms with Gasteiger partial charge in [0.1, 0.15) is 12.7 Å². The van der Waals surface area contributed by atoms with Crippen molar-refractivity contribution in [1.29, 1.82) is 0 Å². The second-order valence-electron chi connectivity index (χ2n) is 3.54. The number of aromatic nitrogens is 3. The highest BCUT2D eigenvalue weighted by Gasteiger charge is 2.34. The van der Waals surface area contributed by atoms with Crippen LogP contribution in [0.1, 0.15) is 18.9 Å². The predicted octanol–water partition coefficient (Wildman–Crippen LogP) is -0.451. The number of nitrogens with zero attached hydrogens (tertiary/aromatic N) is 3. The van der Waals surface area contributed by atoms with E-state index in [9.17, 15) is 5.11 Å². The molecule has 0 bridgehead atoms. The molecule has 5 heteroatoms. The first-order chi connectivity index (χ1) is 6.33. The summed E-state index contributed by atoms with van der Waals surface area (Å²) >= 11 is 0. The maximum Gasteiger partial charge on any atom is 0.137 e. The van der Waals surface area contributed by atoms with Crippen LogP contribution in [0.15, 0.2) is 12.7 Å². The van der Waals surface area contributed by atoms with Crippen molar-refractivity contribution in [2.45, 2.75) is 24.9 Å². The zero-order chi connectivity index (χ0) is 9.26. The first-order valence-corrected chi connectivity index (χ1v) is 4.53. The first kappa shape index (κ1) is 8.65. The SMILES string of the molecule is NC(C1CC1)C(CO)n1cncn1. The maximum absolute atomic E-state index is 9.18. The van der Waals surface area contributed by atoms with Gasteiger partial charge in [-0.3, -0.25) is 0 Å². The lowest BCUT2D eigenvalue weighted by atomic mass is 10.1. The third-order valence-electron chi connectivity index (χ3n) is 2.57. The second-order valence-corrected chi connectivity index (χ2v) is 3.54. The van der Waals surface area contributed by atoms with E-state index in [4.69, 9.17) is 5.73 Å². The van der Waals surface area contributed by atoms with Crippen LogP contribution in [0.25, 0.3) is 0 Å². The molecule has 1 fully saturated rings. The molecule has 0 aromatic carbocycles. The number of hydrogen-bond acceptors (Lipinski definition) is 4. The summed E-state index contributed by atoms with van der Waals surface area (Å²) in [5.74, 6) is 0.557. The minimum absolute atomic E-state index is 0.00620. The fourth-order valence-electron chi connectivity index (χ4n) is 1.57. The zero-order valence-corrected chi connectivity index (χ0v) is 7.37. The molecule has 13 heavy (non-hydrogen) atoms. The average Bonchev–Trinajstić information content (AvgIpc) is 2.86. The van der Waals surface area contributed by atoms with Gasteiger partial charge in [-0.15, -0.1) is 0 Å². The van der Waals surface area contributed by atoms with Gasteiger partial charge in [-0.2, -0.15) is 5.10 Å². The standard InChI is InChI=1S/C8H14N4O/c9-8(6-1-2-6)7(3-13)12-5-10-4-11-12/h4-8,13H,1-3,9H2. The Kier molecular flexibility index (Phi) is 2.28. The van der Waals surface area contributed by atoms with Gasteiger partial charge >= 0.3 is 0 Å². The van der Waals surface area contributed by atoms with Gasteiger partial charge < -0.3 is 10.8 Å². The van der Waals surface area contributed by atoms with Crippen LogP contribution in [0.4, 0.5) is 0 Å². The zero-order valence-electron chi connectivity index (χ0n) is 7.37. The Labute approximate surface area is 76.6 Å². The molecule has 1 aromatic rings. The number of aliphatic hydroxyl groups is 1. The Balaban J connectivity index is 2.08. The fourth-order valence-corrected chi connectivity index (χ4v) is 1.57. The summed E-state index contributed by atoms with van der Waals surface area (Å²) in [7, 11) is 0. The Morgan fingerprint density at radius 1 is 1.62 bits per heavy atom. The molecule has 2 unspecified atom stereocenters. The monoisotopic (exact) mass is 182 g/mol. The highest BCUT2D eigenvalue weighted by molar-refractivity contribution is 4.90. The van der Waals surface area contributed by atoms with E-state index < -0.39 is 0 Å². The molecule has 2 atom stereocenters. The quantitative estimate of drug-likeness (QED) is 0.661. The summed E-state index contributed by atoms with van der Waals surface area (Å²) in [6.07, 6.45) is 5.41. The molecule has 0 saturated heterocycles. The third-order valence-corrected chi connectivity index (χ3v) is 2.57. The summed E-state index contributed by atoms with van der Waals surface area (Å²) in [6, 6.07) is -0.110. The van der Waals surface area contributed by atoms with E-state index in [-0.39, 0.29) is 18.7 Å². The smallest absolute Gasteiger partial charge is 0.137 e. The van der Waals surface area contributed by atoms with E-state index in [1.54, 1.807) is 11.0 Å². The number of aliphatic hydroxyl groups excluding tert-OH is 1. The molecular weight excluding hydrogens is 168 g/mol. The molecule has 0 radical (unpaired) electrons. The summed E-state index contributed by atoms with van der Waals surface area (Å²) in [5, 5.41) is 13.2. The lowest BCUT2D eigenvalue weighted by Gasteiger charge is -2.21. The number of hydrogen-bond donors (Lipinski definition) is 2. The van der Waals surface area contributed by atoms with E-state index >= 15 is 0 Å². The van der Waals surface area contributed by atoms with Crippen molar-refractivity contribution in [3.8, 4) is 0 Å². The van der Waals surface area contributed by atoms with Crippen LogP contribution in [0.5, 0.6) is 0 Å². The lowest BCUT2D eigenvalue weighted by molar-refractivity contribution is 0.188. The van der Waals surface area contributed by atoms with E-state index in [1.807, 2.05) is 0 Å². The van der Waals surface area contributed by atoms with Crippen LogP contribution < -0.4 is 5.73 Å². The minimum Gasteiger partial charge on any atom is -0.394 e. The number of rotatable bonds is 4. The van der Waals surface area contributed by atoms with Crippen LogP contribution >= 0.6 is 0 Å². The summed E-state index contributed by atoms with van der Waals surface area (Å²) < 4.78 is 1.64. The maximum atomic E-state index is 9.18. The van der Waals surface area contributed by atoms with Crippen molar-refractivity contribution in [3.05, 3.63) is 12.7 Å². The van der Waals surface area contributed by atoms with Crippen molar-refractivity contribution in [2.75, 3.05) is 6.61 Å². The molecule has 1 aliphatic rings. The van der Waals surface area contributed by atoms with E-state index in [1.165, 1.54) is 19.2 Å². The van der Waals surface area contributed by atoms with Crippen LogP contribution in [0.2, 0.25) is 0 Å². The highest BCUT2D eigenvalue weighted by atomic mass is 16.3. The molecule has 1 aliphatic carbocycles. The molecule has 0 amide bonds. The van der Waals surface area contributed by atoms with Crippen LogP contribution in [0.3, 0.4) is 0 Å². The van der Waals surface area contributed by atoms with Crippen molar-refractivity contribution < 1.29 is 5.11 Å². The van der Waals surface area contributed by atoms with Gasteiger partial charge in [-0.25, -0.2) is 9.67 Å². The molecular formula is C8H14N4O.